The van der Waals surface area contributed by atoms with Gasteiger partial charge in [-0.15, -0.1) is 0 Å². The van der Waals surface area contributed by atoms with E-state index in [2.05, 4.69) is 29.2 Å². The van der Waals surface area contributed by atoms with Crippen LogP contribution in [-0.2, 0) is 13.1 Å². The van der Waals surface area contributed by atoms with Gasteiger partial charge in [0.25, 0.3) is 0 Å². The van der Waals surface area contributed by atoms with Crippen molar-refractivity contribution in [3.63, 3.8) is 0 Å². The Bertz CT molecular complexity index is 1070. The average Bonchev–Trinajstić information content (AvgIpc) is 2.80. The summed E-state index contributed by atoms with van der Waals surface area (Å²) in [7, 11) is 0. The Morgan fingerprint density at radius 1 is 0.667 bits per heavy atom. The first-order valence-electron chi connectivity index (χ1n) is 9.96. The van der Waals surface area contributed by atoms with E-state index >= 15 is 0 Å². The predicted molar refractivity (Wildman–Crippen MR) is 121 cm³/mol. The predicted octanol–water partition coefficient (Wildman–Crippen LogP) is 5.83. The van der Waals surface area contributed by atoms with Crippen molar-refractivity contribution in [2.75, 3.05) is 4.90 Å². The molecular weight excluding hydrogens is 370 g/mol. The number of hydrogen-bond acceptors (Lipinski definition) is 3. The van der Waals surface area contributed by atoms with Crippen molar-refractivity contribution >= 4 is 11.5 Å². The number of ketones is 1. The average molecular weight is 393 g/mol. The zero-order valence-corrected chi connectivity index (χ0v) is 16.6. The highest BCUT2D eigenvalue weighted by Crippen LogP contribution is 2.28. The van der Waals surface area contributed by atoms with Gasteiger partial charge in [-0.25, -0.2) is 0 Å². The standard InChI is InChI=1S/C27H23NO2/c29-26-17-16-24(18-25(26)27(30)23-14-8-3-9-15-23)28(19-21-10-4-1-5-11-21)20-22-12-6-2-7-13-22/h1-18,29H,19-20H2. The quantitative estimate of drug-likeness (QED) is 0.402. The highest BCUT2D eigenvalue weighted by Gasteiger charge is 2.17. The summed E-state index contributed by atoms with van der Waals surface area (Å²) >= 11 is 0. The van der Waals surface area contributed by atoms with Crippen LogP contribution in [0, 0.1) is 0 Å². The summed E-state index contributed by atoms with van der Waals surface area (Å²) in [5, 5.41) is 10.4. The summed E-state index contributed by atoms with van der Waals surface area (Å²) in [6, 6.07) is 34.8. The first-order chi connectivity index (χ1) is 14.7. The molecule has 4 rings (SSSR count). The summed E-state index contributed by atoms with van der Waals surface area (Å²) < 4.78 is 0. The van der Waals surface area contributed by atoms with Crippen molar-refractivity contribution in [3.05, 3.63) is 131 Å². The van der Waals surface area contributed by atoms with E-state index in [1.807, 2.05) is 60.7 Å². The molecule has 30 heavy (non-hydrogen) atoms. The largest absolute Gasteiger partial charge is 0.507 e. The third-order valence-corrected chi connectivity index (χ3v) is 5.06. The number of benzene rings is 4. The molecule has 0 aliphatic rings. The number of anilines is 1. The summed E-state index contributed by atoms with van der Waals surface area (Å²) in [5.74, 6) is -0.193. The molecule has 0 fully saturated rings. The number of phenols is 1. The molecule has 3 nitrogen and oxygen atoms in total. The first-order valence-corrected chi connectivity index (χ1v) is 9.96. The fourth-order valence-electron chi connectivity index (χ4n) is 3.49. The molecule has 0 aliphatic carbocycles. The van der Waals surface area contributed by atoms with Crippen LogP contribution in [0.5, 0.6) is 5.75 Å². The lowest BCUT2D eigenvalue weighted by Crippen LogP contribution is -2.22. The fourth-order valence-corrected chi connectivity index (χ4v) is 3.49. The molecule has 0 atom stereocenters. The third-order valence-electron chi connectivity index (χ3n) is 5.06. The molecule has 1 N–H and O–H groups in total. The van der Waals surface area contributed by atoms with Crippen LogP contribution in [0.2, 0.25) is 0 Å². The van der Waals surface area contributed by atoms with Gasteiger partial charge >= 0.3 is 0 Å². The van der Waals surface area contributed by atoms with Gasteiger partial charge in [0, 0.05) is 24.3 Å². The number of carbonyl (C=O) groups is 1. The van der Waals surface area contributed by atoms with Crippen LogP contribution in [-0.4, -0.2) is 10.9 Å². The third kappa shape index (κ3) is 4.58. The highest BCUT2D eigenvalue weighted by atomic mass is 16.3. The summed E-state index contributed by atoms with van der Waals surface area (Å²) in [6.07, 6.45) is 0. The molecular formula is C27H23NO2. The van der Waals surface area contributed by atoms with Gasteiger partial charge in [-0.2, -0.15) is 0 Å². The Labute approximate surface area is 176 Å². The number of phenolic OH excluding ortho intramolecular Hbond substituents is 1. The van der Waals surface area contributed by atoms with E-state index in [4.69, 9.17) is 0 Å². The van der Waals surface area contributed by atoms with E-state index < -0.39 is 0 Å². The van der Waals surface area contributed by atoms with Crippen molar-refractivity contribution in [2.24, 2.45) is 0 Å². The number of aromatic hydroxyl groups is 1. The Morgan fingerprint density at radius 3 is 1.70 bits per heavy atom. The van der Waals surface area contributed by atoms with Crippen LogP contribution in [0.15, 0.2) is 109 Å². The van der Waals surface area contributed by atoms with E-state index in [1.54, 1.807) is 24.3 Å². The number of carbonyl (C=O) groups excluding carboxylic acids is 1. The minimum Gasteiger partial charge on any atom is -0.507 e. The van der Waals surface area contributed by atoms with Crippen LogP contribution < -0.4 is 4.90 Å². The van der Waals surface area contributed by atoms with E-state index in [0.717, 1.165) is 5.69 Å². The molecule has 4 aromatic rings. The van der Waals surface area contributed by atoms with Crippen molar-refractivity contribution < 1.29 is 9.90 Å². The number of hydrogen-bond donors (Lipinski definition) is 1. The Kier molecular flexibility index (Phi) is 5.90. The molecule has 0 saturated heterocycles. The van der Waals surface area contributed by atoms with Gasteiger partial charge in [0.05, 0.1) is 5.56 Å². The maximum atomic E-state index is 13.0. The lowest BCUT2D eigenvalue weighted by Gasteiger charge is -2.26. The summed E-state index contributed by atoms with van der Waals surface area (Å²) in [4.78, 5) is 15.2. The SMILES string of the molecule is O=C(c1ccccc1)c1cc(N(Cc2ccccc2)Cc2ccccc2)ccc1O. The van der Waals surface area contributed by atoms with E-state index in [-0.39, 0.29) is 11.5 Å². The van der Waals surface area contributed by atoms with E-state index in [1.165, 1.54) is 11.1 Å². The Morgan fingerprint density at radius 2 is 1.17 bits per heavy atom. The topological polar surface area (TPSA) is 40.5 Å². The molecule has 0 saturated carbocycles. The molecule has 0 bridgehead atoms. The van der Waals surface area contributed by atoms with Gasteiger partial charge < -0.3 is 10.0 Å². The molecule has 0 heterocycles. The van der Waals surface area contributed by atoms with Gasteiger partial charge in [-0.3, -0.25) is 4.79 Å². The molecule has 0 amide bonds. The van der Waals surface area contributed by atoms with Crippen molar-refractivity contribution in [3.8, 4) is 5.75 Å². The second kappa shape index (κ2) is 9.10. The van der Waals surface area contributed by atoms with Crippen molar-refractivity contribution in [2.45, 2.75) is 13.1 Å². The monoisotopic (exact) mass is 393 g/mol. The first kappa shape index (κ1) is 19.5. The second-order valence-electron chi connectivity index (χ2n) is 7.22. The smallest absolute Gasteiger partial charge is 0.196 e. The molecule has 0 aliphatic heterocycles. The van der Waals surface area contributed by atoms with Crippen LogP contribution in [0.1, 0.15) is 27.0 Å². The lowest BCUT2D eigenvalue weighted by molar-refractivity contribution is 0.103. The van der Waals surface area contributed by atoms with Gasteiger partial charge in [0.1, 0.15) is 5.75 Å². The van der Waals surface area contributed by atoms with Gasteiger partial charge in [-0.05, 0) is 29.3 Å². The van der Waals surface area contributed by atoms with Crippen LogP contribution >= 0.6 is 0 Å². The molecule has 4 aromatic carbocycles. The molecule has 148 valence electrons. The Hall–Kier alpha value is -3.85. The van der Waals surface area contributed by atoms with Crippen molar-refractivity contribution in [1.82, 2.24) is 0 Å². The van der Waals surface area contributed by atoms with Crippen LogP contribution in [0.4, 0.5) is 5.69 Å². The Balaban J connectivity index is 1.70. The number of nitrogens with zero attached hydrogens (tertiary/aromatic N) is 1. The normalized spacial score (nSPS) is 10.5. The molecule has 0 aromatic heterocycles. The molecule has 3 heteroatoms. The maximum Gasteiger partial charge on any atom is 0.196 e. The lowest BCUT2D eigenvalue weighted by atomic mass is 10.0. The van der Waals surface area contributed by atoms with E-state index in [9.17, 15) is 9.90 Å². The van der Waals surface area contributed by atoms with Gasteiger partial charge in [0.15, 0.2) is 5.78 Å². The maximum absolute atomic E-state index is 13.0. The minimum absolute atomic E-state index is 0.00743. The van der Waals surface area contributed by atoms with E-state index in [0.29, 0.717) is 24.2 Å². The number of rotatable bonds is 7. The van der Waals surface area contributed by atoms with Crippen LogP contribution in [0.3, 0.4) is 0 Å². The molecule has 0 spiro atoms. The van der Waals surface area contributed by atoms with Gasteiger partial charge in [0.2, 0.25) is 0 Å². The summed E-state index contributed by atoms with van der Waals surface area (Å²) in [5.41, 5.74) is 4.11. The summed E-state index contributed by atoms with van der Waals surface area (Å²) in [6.45, 7) is 1.39. The van der Waals surface area contributed by atoms with Gasteiger partial charge in [-0.1, -0.05) is 91.0 Å². The molecule has 0 radical (unpaired) electrons. The fraction of sp³-hybridized carbons (Fsp3) is 0.0741. The minimum atomic E-state index is -0.186. The second-order valence-corrected chi connectivity index (χ2v) is 7.22. The highest BCUT2D eigenvalue weighted by molar-refractivity contribution is 6.11. The van der Waals surface area contributed by atoms with Crippen molar-refractivity contribution in [1.29, 1.82) is 0 Å². The zero-order chi connectivity index (χ0) is 20.8. The zero-order valence-electron chi connectivity index (χ0n) is 16.6. The molecule has 0 unspecified atom stereocenters. The van der Waals surface area contributed by atoms with Crippen LogP contribution in [0.25, 0.3) is 0 Å².